The molecule has 0 saturated carbocycles. The summed E-state index contributed by atoms with van der Waals surface area (Å²) in [5, 5.41) is 6.45. The Hall–Kier alpha value is -2.96. The third-order valence-corrected chi connectivity index (χ3v) is 3.38. The van der Waals surface area contributed by atoms with Gasteiger partial charge < -0.3 is 24.8 Å². The van der Waals surface area contributed by atoms with Crippen LogP contribution in [0.2, 0.25) is 0 Å². The molecule has 2 N–H and O–H groups in total. The second-order valence-electron chi connectivity index (χ2n) is 5.06. The van der Waals surface area contributed by atoms with E-state index < -0.39 is 0 Å². The SMILES string of the molecule is CCNC(=NCc1cccc(OC)n1)Nc1ccc(OC)c(OC)c1. The lowest BCUT2D eigenvalue weighted by atomic mass is 10.2. The van der Waals surface area contributed by atoms with Crippen LogP contribution in [0.5, 0.6) is 17.4 Å². The van der Waals surface area contributed by atoms with E-state index in [9.17, 15) is 0 Å². The van der Waals surface area contributed by atoms with E-state index in [1.807, 2.05) is 37.3 Å². The Balaban J connectivity index is 2.14. The van der Waals surface area contributed by atoms with E-state index in [1.54, 1.807) is 27.4 Å². The van der Waals surface area contributed by atoms with Gasteiger partial charge in [-0.1, -0.05) is 6.07 Å². The summed E-state index contributed by atoms with van der Waals surface area (Å²) < 4.78 is 15.7. The molecule has 0 aliphatic carbocycles. The van der Waals surface area contributed by atoms with Crippen molar-refractivity contribution in [3.63, 3.8) is 0 Å². The number of hydrogen-bond acceptors (Lipinski definition) is 5. The Labute approximate surface area is 148 Å². The first-order valence-corrected chi connectivity index (χ1v) is 7.97. The Morgan fingerprint density at radius 3 is 2.52 bits per heavy atom. The normalized spacial score (nSPS) is 11.0. The predicted molar refractivity (Wildman–Crippen MR) is 98.8 cm³/mol. The van der Waals surface area contributed by atoms with Crippen LogP contribution < -0.4 is 24.8 Å². The van der Waals surface area contributed by atoms with Crippen LogP contribution in [0.1, 0.15) is 12.6 Å². The van der Waals surface area contributed by atoms with Gasteiger partial charge in [0.05, 0.1) is 33.6 Å². The molecule has 0 unspecified atom stereocenters. The summed E-state index contributed by atoms with van der Waals surface area (Å²) in [5.74, 6) is 2.55. The van der Waals surface area contributed by atoms with E-state index in [0.29, 0.717) is 29.9 Å². The molecule has 0 aliphatic heterocycles. The van der Waals surface area contributed by atoms with Crippen molar-refractivity contribution in [3.8, 4) is 17.4 Å². The van der Waals surface area contributed by atoms with Gasteiger partial charge in [0, 0.05) is 24.4 Å². The van der Waals surface area contributed by atoms with Gasteiger partial charge in [-0.25, -0.2) is 9.98 Å². The zero-order valence-corrected chi connectivity index (χ0v) is 15.0. The van der Waals surface area contributed by atoms with Crippen LogP contribution in [-0.4, -0.2) is 38.8 Å². The maximum absolute atomic E-state index is 5.32. The highest BCUT2D eigenvalue weighted by atomic mass is 16.5. The van der Waals surface area contributed by atoms with Crippen LogP contribution in [-0.2, 0) is 6.54 Å². The van der Waals surface area contributed by atoms with E-state index in [-0.39, 0.29) is 0 Å². The Kier molecular flexibility index (Phi) is 6.88. The third-order valence-electron chi connectivity index (χ3n) is 3.38. The van der Waals surface area contributed by atoms with Crippen LogP contribution in [0.15, 0.2) is 41.4 Å². The van der Waals surface area contributed by atoms with E-state index >= 15 is 0 Å². The number of ether oxygens (including phenoxy) is 3. The minimum atomic E-state index is 0.430. The van der Waals surface area contributed by atoms with E-state index in [0.717, 1.165) is 17.9 Å². The highest BCUT2D eigenvalue weighted by Gasteiger charge is 2.06. The van der Waals surface area contributed by atoms with Gasteiger partial charge in [-0.05, 0) is 25.1 Å². The van der Waals surface area contributed by atoms with E-state index in [4.69, 9.17) is 14.2 Å². The van der Waals surface area contributed by atoms with Crippen molar-refractivity contribution in [1.82, 2.24) is 10.3 Å². The highest BCUT2D eigenvalue weighted by molar-refractivity contribution is 5.93. The van der Waals surface area contributed by atoms with Gasteiger partial charge >= 0.3 is 0 Å². The van der Waals surface area contributed by atoms with Crippen molar-refractivity contribution in [3.05, 3.63) is 42.1 Å². The maximum atomic E-state index is 5.32. The molecule has 0 saturated heterocycles. The fourth-order valence-corrected chi connectivity index (χ4v) is 2.18. The van der Waals surface area contributed by atoms with Crippen molar-refractivity contribution in [2.75, 3.05) is 33.2 Å². The van der Waals surface area contributed by atoms with Gasteiger partial charge in [-0.3, -0.25) is 0 Å². The van der Waals surface area contributed by atoms with E-state index in [1.165, 1.54) is 0 Å². The molecule has 1 aromatic heterocycles. The van der Waals surface area contributed by atoms with Crippen molar-refractivity contribution in [2.45, 2.75) is 13.5 Å². The molecule has 0 aliphatic rings. The number of rotatable bonds is 7. The summed E-state index contributed by atoms with van der Waals surface area (Å²) >= 11 is 0. The third kappa shape index (κ3) is 5.27. The molecule has 7 heteroatoms. The van der Waals surface area contributed by atoms with E-state index in [2.05, 4.69) is 20.6 Å². The molecule has 0 spiro atoms. The first-order chi connectivity index (χ1) is 12.2. The smallest absolute Gasteiger partial charge is 0.213 e. The number of pyridine rings is 1. The second-order valence-corrected chi connectivity index (χ2v) is 5.06. The number of guanidine groups is 1. The van der Waals surface area contributed by atoms with Crippen LogP contribution in [0, 0.1) is 0 Å². The number of nitrogens with one attached hydrogen (secondary N) is 2. The summed E-state index contributed by atoms with van der Waals surface area (Å²) in [5.41, 5.74) is 1.67. The van der Waals surface area contributed by atoms with Crippen molar-refractivity contribution >= 4 is 11.6 Å². The number of anilines is 1. The molecule has 0 fully saturated rings. The minimum absolute atomic E-state index is 0.430. The monoisotopic (exact) mass is 344 g/mol. The quantitative estimate of drug-likeness (QED) is 0.594. The molecular formula is C18H24N4O3. The molecule has 134 valence electrons. The molecule has 1 aromatic carbocycles. The summed E-state index contributed by atoms with van der Waals surface area (Å²) in [6, 6.07) is 11.2. The molecule has 0 atom stereocenters. The lowest BCUT2D eigenvalue weighted by Crippen LogP contribution is -2.30. The first-order valence-electron chi connectivity index (χ1n) is 7.97. The van der Waals surface area contributed by atoms with Gasteiger partial charge in [-0.2, -0.15) is 0 Å². The zero-order valence-electron chi connectivity index (χ0n) is 15.0. The molecule has 0 bridgehead atoms. The number of hydrogen-bond donors (Lipinski definition) is 2. The molecule has 0 radical (unpaired) electrons. The lowest BCUT2D eigenvalue weighted by molar-refractivity contribution is 0.355. The predicted octanol–water partition coefficient (Wildman–Crippen LogP) is 2.69. The summed E-state index contributed by atoms with van der Waals surface area (Å²) in [6.07, 6.45) is 0. The first kappa shape index (κ1) is 18.4. The minimum Gasteiger partial charge on any atom is -0.493 e. The average molecular weight is 344 g/mol. The van der Waals surface area contributed by atoms with Crippen molar-refractivity contribution in [2.24, 2.45) is 4.99 Å². The summed E-state index contributed by atoms with van der Waals surface area (Å²) in [6.45, 7) is 3.18. The molecule has 7 nitrogen and oxygen atoms in total. The Morgan fingerprint density at radius 2 is 1.84 bits per heavy atom. The largest absolute Gasteiger partial charge is 0.493 e. The van der Waals surface area contributed by atoms with Gasteiger partial charge in [0.2, 0.25) is 5.88 Å². The molecule has 2 rings (SSSR count). The van der Waals surface area contributed by atoms with Crippen LogP contribution in [0.25, 0.3) is 0 Å². The fraction of sp³-hybridized carbons (Fsp3) is 0.333. The lowest BCUT2D eigenvalue weighted by Gasteiger charge is -2.13. The Morgan fingerprint density at radius 1 is 1.04 bits per heavy atom. The van der Waals surface area contributed by atoms with Crippen LogP contribution in [0.4, 0.5) is 5.69 Å². The number of aliphatic imine (C=N–C) groups is 1. The maximum Gasteiger partial charge on any atom is 0.213 e. The topological polar surface area (TPSA) is 77.0 Å². The molecule has 2 aromatic rings. The number of nitrogens with zero attached hydrogens (tertiary/aromatic N) is 2. The van der Waals surface area contributed by atoms with Gasteiger partial charge in [0.15, 0.2) is 17.5 Å². The molecule has 0 amide bonds. The van der Waals surface area contributed by atoms with Gasteiger partial charge in [0.1, 0.15) is 0 Å². The van der Waals surface area contributed by atoms with Crippen molar-refractivity contribution < 1.29 is 14.2 Å². The van der Waals surface area contributed by atoms with Crippen LogP contribution >= 0.6 is 0 Å². The standard InChI is InChI=1S/C18H24N4O3/c1-5-19-18(20-12-14-7-6-8-17(21-14)25-4)22-13-9-10-15(23-2)16(11-13)24-3/h6-11H,5,12H2,1-4H3,(H2,19,20,22). The highest BCUT2D eigenvalue weighted by Crippen LogP contribution is 2.29. The molecule has 1 heterocycles. The zero-order chi connectivity index (χ0) is 18.1. The average Bonchev–Trinajstić information content (AvgIpc) is 2.66. The number of methoxy groups -OCH3 is 3. The van der Waals surface area contributed by atoms with Gasteiger partial charge in [0.25, 0.3) is 0 Å². The van der Waals surface area contributed by atoms with Crippen molar-refractivity contribution in [1.29, 1.82) is 0 Å². The molecule has 25 heavy (non-hydrogen) atoms. The number of benzene rings is 1. The summed E-state index contributed by atoms with van der Waals surface area (Å²) in [7, 11) is 4.81. The second kappa shape index (κ2) is 9.36. The van der Waals surface area contributed by atoms with Gasteiger partial charge in [-0.15, -0.1) is 0 Å². The molecular weight excluding hydrogens is 320 g/mol. The fourth-order valence-electron chi connectivity index (χ4n) is 2.18. The summed E-state index contributed by atoms with van der Waals surface area (Å²) in [4.78, 5) is 8.92. The number of aromatic nitrogens is 1. The Bertz CT molecular complexity index is 719. The van der Waals surface area contributed by atoms with Crippen LogP contribution in [0.3, 0.4) is 0 Å².